The van der Waals surface area contributed by atoms with Crippen LogP contribution >= 0.6 is 11.6 Å². The molecule has 0 saturated carbocycles. The third-order valence-electron chi connectivity index (χ3n) is 3.19. The van der Waals surface area contributed by atoms with Crippen LogP contribution in [0.25, 0.3) is 0 Å². The molecule has 0 aromatic heterocycles. The fourth-order valence-electron chi connectivity index (χ4n) is 2.26. The molecule has 4 heteroatoms. The summed E-state index contributed by atoms with van der Waals surface area (Å²) in [4.78, 5) is 0. The smallest absolute Gasteiger partial charge is 0.162 e. The molecule has 0 spiro atoms. The zero-order valence-electron chi connectivity index (χ0n) is 10.5. The molecule has 98 valence electrons. The number of anilines is 1. The molecule has 1 aliphatic heterocycles. The molecule has 0 amide bonds. The molecular weight excluding hydrogens is 262 g/mol. The van der Waals surface area contributed by atoms with Crippen LogP contribution in [0.3, 0.4) is 0 Å². The molecule has 3 rings (SSSR count). The van der Waals surface area contributed by atoms with Crippen molar-refractivity contribution >= 4 is 17.3 Å². The molecule has 19 heavy (non-hydrogen) atoms. The van der Waals surface area contributed by atoms with Gasteiger partial charge in [0, 0.05) is 5.56 Å². The second-order valence-electron chi connectivity index (χ2n) is 4.35. The predicted octanol–water partition coefficient (Wildman–Crippen LogP) is 3.89. The molecule has 0 saturated heterocycles. The summed E-state index contributed by atoms with van der Waals surface area (Å²) < 4.78 is 11.4. The number of benzene rings is 2. The minimum atomic E-state index is -0.108. The minimum absolute atomic E-state index is 0.108. The van der Waals surface area contributed by atoms with Crippen molar-refractivity contribution in [3.05, 3.63) is 53.1 Å². The van der Waals surface area contributed by atoms with Crippen LogP contribution in [0.2, 0.25) is 5.02 Å². The van der Waals surface area contributed by atoms with Crippen LogP contribution in [0.5, 0.6) is 11.5 Å². The molecular formula is C15H14ClNO2. The first-order valence-electron chi connectivity index (χ1n) is 6.11. The van der Waals surface area contributed by atoms with E-state index >= 15 is 0 Å². The number of rotatable bonds is 2. The predicted molar refractivity (Wildman–Crippen MR) is 76.3 cm³/mol. The SMILES string of the molecule is COc1ccccc1C1CNc2cccc(Cl)c2O1. The van der Waals surface area contributed by atoms with Crippen LogP contribution < -0.4 is 14.8 Å². The average molecular weight is 276 g/mol. The van der Waals surface area contributed by atoms with Crippen molar-refractivity contribution in [3.8, 4) is 11.5 Å². The molecule has 2 aromatic rings. The van der Waals surface area contributed by atoms with Gasteiger partial charge in [0.15, 0.2) is 5.75 Å². The highest BCUT2D eigenvalue weighted by molar-refractivity contribution is 6.32. The highest BCUT2D eigenvalue weighted by Crippen LogP contribution is 2.41. The number of fused-ring (bicyclic) bond motifs is 1. The van der Waals surface area contributed by atoms with Gasteiger partial charge < -0.3 is 14.8 Å². The van der Waals surface area contributed by atoms with E-state index in [2.05, 4.69) is 5.32 Å². The van der Waals surface area contributed by atoms with Gasteiger partial charge in [-0.2, -0.15) is 0 Å². The Hall–Kier alpha value is -1.87. The summed E-state index contributed by atoms with van der Waals surface area (Å²) >= 11 is 6.17. The number of ether oxygens (including phenoxy) is 2. The summed E-state index contributed by atoms with van der Waals surface area (Å²) in [5.41, 5.74) is 1.95. The summed E-state index contributed by atoms with van der Waals surface area (Å²) in [5.74, 6) is 1.52. The zero-order chi connectivity index (χ0) is 13.2. The van der Waals surface area contributed by atoms with E-state index < -0.39 is 0 Å². The number of hydrogen-bond donors (Lipinski definition) is 1. The lowest BCUT2D eigenvalue weighted by molar-refractivity contribution is 0.205. The maximum absolute atomic E-state index is 6.17. The van der Waals surface area contributed by atoms with Gasteiger partial charge in [-0.1, -0.05) is 35.9 Å². The van der Waals surface area contributed by atoms with Crippen LogP contribution in [0.15, 0.2) is 42.5 Å². The van der Waals surface area contributed by atoms with Gasteiger partial charge in [-0.15, -0.1) is 0 Å². The lowest BCUT2D eigenvalue weighted by Gasteiger charge is -2.29. The van der Waals surface area contributed by atoms with Crippen molar-refractivity contribution in [2.24, 2.45) is 0 Å². The summed E-state index contributed by atoms with van der Waals surface area (Å²) in [6.07, 6.45) is -0.108. The molecule has 2 aromatic carbocycles. The van der Waals surface area contributed by atoms with Crippen molar-refractivity contribution in [3.63, 3.8) is 0 Å². The highest BCUT2D eigenvalue weighted by Gasteiger charge is 2.24. The third-order valence-corrected chi connectivity index (χ3v) is 3.49. The Bertz CT molecular complexity index is 600. The Morgan fingerprint density at radius 3 is 2.89 bits per heavy atom. The molecule has 3 nitrogen and oxygen atoms in total. The fraction of sp³-hybridized carbons (Fsp3) is 0.200. The van der Waals surface area contributed by atoms with Gasteiger partial charge in [0.1, 0.15) is 11.9 Å². The fourth-order valence-corrected chi connectivity index (χ4v) is 2.48. The van der Waals surface area contributed by atoms with Crippen LogP contribution in [-0.4, -0.2) is 13.7 Å². The van der Waals surface area contributed by atoms with E-state index in [1.807, 2.05) is 42.5 Å². The summed E-state index contributed by atoms with van der Waals surface area (Å²) in [6.45, 7) is 0.688. The number of nitrogens with one attached hydrogen (secondary N) is 1. The van der Waals surface area contributed by atoms with Gasteiger partial charge in [-0.25, -0.2) is 0 Å². The number of halogens is 1. The van der Waals surface area contributed by atoms with E-state index in [-0.39, 0.29) is 6.10 Å². The zero-order valence-corrected chi connectivity index (χ0v) is 11.3. The molecule has 1 atom stereocenters. The summed E-state index contributed by atoms with van der Waals surface area (Å²) in [7, 11) is 1.66. The van der Waals surface area contributed by atoms with Crippen molar-refractivity contribution in [1.82, 2.24) is 0 Å². The van der Waals surface area contributed by atoms with Crippen molar-refractivity contribution in [1.29, 1.82) is 0 Å². The quantitative estimate of drug-likeness (QED) is 0.902. The van der Waals surface area contributed by atoms with Crippen molar-refractivity contribution < 1.29 is 9.47 Å². The number of para-hydroxylation sites is 2. The van der Waals surface area contributed by atoms with Gasteiger partial charge in [-0.05, 0) is 18.2 Å². The molecule has 1 aliphatic rings. The van der Waals surface area contributed by atoms with Gasteiger partial charge in [-0.3, -0.25) is 0 Å². The Balaban J connectivity index is 1.95. The topological polar surface area (TPSA) is 30.5 Å². The lowest BCUT2D eigenvalue weighted by atomic mass is 10.1. The number of hydrogen-bond acceptors (Lipinski definition) is 3. The molecule has 0 radical (unpaired) electrons. The maximum atomic E-state index is 6.17. The maximum Gasteiger partial charge on any atom is 0.162 e. The number of methoxy groups -OCH3 is 1. The molecule has 1 unspecified atom stereocenters. The minimum Gasteiger partial charge on any atom is -0.496 e. The first kappa shape index (κ1) is 12.2. The molecule has 1 N–H and O–H groups in total. The second kappa shape index (κ2) is 5.02. The van der Waals surface area contributed by atoms with Crippen LogP contribution in [0, 0.1) is 0 Å². The van der Waals surface area contributed by atoms with Crippen molar-refractivity contribution in [2.45, 2.75) is 6.10 Å². The van der Waals surface area contributed by atoms with E-state index in [9.17, 15) is 0 Å². The van der Waals surface area contributed by atoms with E-state index in [0.717, 1.165) is 17.0 Å². The normalized spacial score (nSPS) is 17.1. The molecule has 1 heterocycles. The molecule has 0 fully saturated rings. The second-order valence-corrected chi connectivity index (χ2v) is 4.75. The lowest BCUT2D eigenvalue weighted by Crippen LogP contribution is -2.24. The van der Waals surface area contributed by atoms with Crippen LogP contribution in [-0.2, 0) is 0 Å². The molecule has 0 bridgehead atoms. The Kier molecular flexibility index (Phi) is 3.22. The summed E-state index contributed by atoms with van der Waals surface area (Å²) in [6, 6.07) is 13.5. The van der Waals surface area contributed by atoms with Gasteiger partial charge in [0.2, 0.25) is 0 Å². The Labute approximate surface area is 117 Å². The van der Waals surface area contributed by atoms with E-state index in [1.165, 1.54) is 0 Å². The first-order chi connectivity index (χ1) is 9.29. The van der Waals surface area contributed by atoms with Crippen molar-refractivity contribution in [2.75, 3.05) is 19.0 Å². The monoisotopic (exact) mass is 275 g/mol. The highest BCUT2D eigenvalue weighted by atomic mass is 35.5. The molecule has 0 aliphatic carbocycles. The standard InChI is InChI=1S/C15H14ClNO2/c1-18-13-8-3-2-5-10(13)14-9-17-12-7-4-6-11(16)15(12)19-14/h2-8,14,17H,9H2,1H3. The van der Waals surface area contributed by atoms with Crippen LogP contribution in [0.4, 0.5) is 5.69 Å². The Morgan fingerprint density at radius 2 is 2.05 bits per heavy atom. The van der Waals surface area contributed by atoms with Crippen LogP contribution in [0.1, 0.15) is 11.7 Å². The Morgan fingerprint density at radius 1 is 1.21 bits per heavy atom. The van der Waals surface area contributed by atoms with E-state index in [4.69, 9.17) is 21.1 Å². The summed E-state index contributed by atoms with van der Waals surface area (Å²) in [5, 5.41) is 3.95. The average Bonchev–Trinajstić information content (AvgIpc) is 2.47. The van der Waals surface area contributed by atoms with Gasteiger partial charge in [0.25, 0.3) is 0 Å². The van der Waals surface area contributed by atoms with Gasteiger partial charge in [0.05, 0.1) is 24.4 Å². The largest absolute Gasteiger partial charge is 0.496 e. The third kappa shape index (κ3) is 2.22. The van der Waals surface area contributed by atoms with E-state index in [1.54, 1.807) is 7.11 Å². The van der Waals surface area contributed by atoms with Gasteiger partial charge >= 0.3 is 0 Å². The first-order valence-corrected chi connectivity index (χ1v) is 6.49. The van der Waals surface area contributed by atoms with E-state index in [0.29, 0.717) is 17.3 Å².